The summed E-state index contributed by atoms with van der Waals surface area (Å²) in [4.78, 5) is 2.21. The highest BCUT2D eigenvalue weighted by Gasteiger charge is 2.23. The van der Waals surface area contributed by atoms with Gasteiger partial charge in [-0.3, -0.25) is 0 Å². The van der Waals surface area contributed by atoms with Gasteiger partial charge in [0.1, 0.15) is 5.82 Å². The second-order valence-corrected chi connectivity index (χ2v) is 7.32. The van der Waals surface area contributed by atoms with Crippen LogP contribution in [0.25, 0.3) is 5.57 Å². The Morgan fingerprint density at radius 2 is 1.88 bits per heavy atom. The Balaban J connectivity index is 1.72. The fourth-order valence-corrected chi connectivity index (χ4v) is 3.60. The molecule has 1 unspecified atom stereocenters. The van der Waals surface area contributed by atoms with Crippen molar-refractivity contribution in [3.8, 4) is 0 Å². The summed E-state index contributed by atoms with van der Waals surface area (Å²) in [5, 5.41) is 0. The molecule has 2 aliphatic rings. The lowest BCUT2D eigenvalue weighted by Gasteiger charge is -2.11. The number of hydrogen-bond donors (Lipinski definition) is 0. The molecule has 0 saturated heterocycles. The van der Waals surface area contributed by atoms with Gasteiger partial charge in [0.25, 0.3) is 0 Å². The summed E-state index contributed by atoms with van der Waals surface area (Å²) < 4.78 is 13.2. The lowest BCUT2D eigenvalue weighted by molar-refractivity contribution is 0.486. The largest absolute Gasteiger partial charge is 0.351 e. The highest BCUT2D eigenvalue weighted by Crippen LogP contribution is 2.40. The minimum Gasteiger partial charge on any atom is -0.351 e. The molecule has 1 heterocycles. The summed E-state index contributed by atoms with van der Waals surface area (Å²) >= 11 is 0. The molecule has 0 bridgehead atoms. The van der Waals surface area contributed by atoms with Gasteiger partial charge in [0.05, 0.1) is 0 Å². The molecule has 128 valence electrons. The molecule has 0 fully saturated rings. The van der Waals surface area contributed by atoms with E-state index >= 15 is 0 Å². The lowest BCUT2D eigenvalue weighted by atomic mass is 9.95. The maximum absolute atomic E-state index is 13.2. The van der Waals surface area contributed by atoms with Gasteiger partial charge in [0.2, 0.25) is 0 Å². The minimum absolute atomic E-state index is 0.163. The van der Waals surface area contributed by atoms with Crippen LogP contribution in [0.4, 0.5) is 4.39 Å². The highest BCUT2D eigenvalue weighted by molar-refractivity contribution is 5.74. The molecule has 0 N–H and O–H groups in total. The van der Waals surface area contributed by atoms with E-state index in [-0.39, 0.29) is 5.82 Å². The lowest BCUT2D eigenvalue weighted by Crippen LogP contribution is -1.96. The van der Waals surface area contributed by atoms with Gasteiger partial charge in [-0.2, -0.15) is 0 Å². The smallest absolute Gasteiger partial charge is 0.123 e. The minimum atomic E-state index is -0.163. The zero-order chi connectivity index (χ0) is 17.1. The monoisotopic (exact) mass is 325 g/mol. The van der Waals surface area contributed by atoms with Crippen molar-refractivity contribution in [2.75, 3.05) is 7.05 Å². The van der Waals surface area contributed by atoms with Crippen molar-refractivity contribution in [2.45, 2.75) is 52.4 Å². The van der Waals surface area contributed by atoms with Crippen LogP contribution in [0.5, 0.6) is 0 Å². The summed E-state index contributed by atoms with van der Waals surface area (Å²) in [6.07, 6.45) is 11.6. The molecule has 3 rings (SSSR count). The first-order valence-electron chi connectivity index (χ1n) is 9.17. The van der Waals surface area contributed by atoms with E-state index in [1.54, 1.807) is 17.7 Å². The second kappa shape index (κ2) is 7.38. The van der Waals surface area contributed by atoms with Crippen molar-refractivity contribution in [2.24, 2.45) is 5.92 Å². The summed E-state index contributed by atoms with van der Waals surface area (Å²) in [7, 11) is 2.11. The Morgan fingerprint density at radius 1 is 1.17 bits per heavy atom. The van der Waals surface area contributed by atoms with E-state index < -0.39 is 0 Å². The van der Waals surface area contributed by atoms with Crippen LogP contribution in [0, 0.1) is 11.7 Å². The van der Waals surface area contributed by atoms with E-state index in [0.29, 0.717) is 0 Å². The molecule has 1 nitrogen and oxygen atoms in total. The SMILES string of the molecule is CCCC(C)CCC1=C(CC2=CN2C)CC(c2ccc(F)cc2)=C1. The average Bonchev–Trinajstić information content (AvgIpc) is 3.09. The third-order valence-corrected chi connectivity index (χ3v) is 5.23. The Bertz CT molecular complexity index is 678. The molecule has 1 aliphatic carbocycles. The summed E-state index contributed by atoms with van der Waals surface area (Å²) in [5.41, 5.74) is 6.99. The third-order valence-electron chi connectivity index (χ3n) is 5.23. The zero-order valence-corrected chi connectivity index (χ0v) is 15.1. The molecule has 0 amide bonds. The van der Waals surface area contributed by atoms with Gasteiger partial charge in [0, 0.05) is 25.4 Å². The van der Waals surface area contributed by atoms with Gasteiger partial charge < -0.3 is 4.90 Å². The molecule has 0 spiro atoms. The Labute approximate surface area is 145 Å². The van der Waals surface area contributed by atoms with Gasteiger partial charge in [-0.05, 0) is 54.0 Å². The number of rotatable bonds is 8. The maximum atomic E-state index is 13.2. The first-order chi connectivity index (χ1) is 11.6. The van der Waals surface area contributed by atoms with Crippen LogP contribution in [0.1, 0.15) is 57.9 Å². The molecule has 0 radical (unpaired) electrons. The summed E-state index contributed by atoms with van der Waals surface area (Å²) in [5.74, 6) is 0.624. The van der Waals surface area contributed by atoms with Gasteiger partial charge >= 0.3 is 0 Å². The molecule has 1 aromatic carbocycles. The summed E-state index contributed by atoms with van der Waals surface area (Å²) in [6.45, 7) is 4.62. The molecule has 1 atom stereocenters. The van der Waals surface area contributed by atoms with Gasteiger partial charge in [-0.1, -0.05) is 50.5 Å². The van der Waals surface area contributed by atoms with Crippen molar-refractivity contribution in [1.29, 1.82) is 0 Å². The standard InChI is InChI=1S/C22H28FN/c1-4-5-16(2)6-7-18-12-19(17-8-10-21(23)11-9-17)13-20(18)14-22-15-24(22)3/h8-12,15-16H,4-7,13-14H2,1-3H3. The van der Waals surface area contributed by atoms with Crippen LogP contribution in [-0.4, -0.2) is 11.9 Å². The normalized spacial score (nSPS) is 17.9. The fourth-order valence-electron chi connectivity index (χ4n) is 3.60. The van der Waals surface area contributed by atoms with E-state index in [4.69, 9.17) is 0 Å². The Kier molecular flexibility index (Phi) is 5.23. The molecule has 0 saturated carbocycles. The number of hydrogen-bond acceptors (Lipinski definition) is 1. The Morgan fingerprint density at radius 3 is 2.50 bits per heavy atom. The van der Waals surface area contributed by atoms with Crippen molar-refractivity contribution >= 4 is 5.57 Å². The van der Waals surface area contributed by atoms with E-state index in [1.807, 2.05) is 12.1 Å². The fraction of sp³-hybridized carbons (Fsp3) is 0.455. The number of halogens is 1. The van der Waals surface area contributed by atoms with E-state index in [1.165, 1.54) is 36.1 Å². The van der Waals surface area contributed by atoms with Crippen LogP contribution in [-0.2, 0) is 0 Å². The highest BCUT2D eigenvalue weighted by atomic mass is 19.1. The van der Waals surface area contributed by atoms with Crippen LogP contribution in [0.2, 0.25) is 0 Å². The van der Waals surface area contributed by atoms with Gasteiger partial charge in [-0.25, -0.2) is 4.39 Å². The van der Waals surface area contributed by atoms with Gasteiger partial charge in [-0.15, -0.1) is 0 Å². The van der Waals surface area contributed by atoms with Crippen molar-refractivity contribution < 1.29 is 4.39 Å². The quantitative estimate of drug-likeness (QED) is 0.542. The van der Waals surface area contributed by atoms with Crippen molar-refractivity contribution in [3.05, 3.63) is 64.8 Å². The van der Waals surface area contributed by atoms with E-state index in [9.17, 15) is 4.39 Å². The topological polar surface area (TPSA) is 3.01 Å². The maximum Gasteiger partial charge on any atom is 0.123 e. The van der Waals surface area contributed by atoms with Crippen LogP contribution >= 0.6 is 0 Å². The number of nitrogens with zero attached hydrogens (tertiary/aromatic N) is 1. The predicted molar refractivity (Wildman–Crippen MR) is 99.8 cm³/mol. The first-order valence-corrected chi connectivity index (χ1v) is 9.17. The number of benzene rings is 1. The molecule has 1 aliphatic heterocycles. The van der Waals surface area contributed by atoms with E-state index in [0.717, 1.165) is 30.7 Å². The summed E-state index contributed by atoms with van der Waals surface area (Å²) in [6, 6.07) is 6.94. The molecule has 2 heteroatoms. The van der Waals surface area contributed by atoms with Crippen molar-refractivity contribution in [1.82, 2.24) is 4.90 Å². The van der Waals surface area contributed by atoms with Crippen LogP contribution in [0.15, 0.2) is 53.4 Å². The molecule has 1 aromatic rings. The molecule has 0 aromatic heterocycles. The molecular weight excluding hydrogens is 297 g/mol. The van der Waals surface area contributed by atoms with E-state index in [2.05, 4.69) is 38.1 Å². The third kappa shape index (κ3) is 4.17. The first kappa shape index (κ1) is 17.0. The second-order valence-electron chi connectivity index (χ2n) is 7.32. The Hall–Kier alpha value is -1.83. The molecule has 24 heavy (non-hydrogen) atoms. The zero-order valence-electron chi connectivity index (χ0n) is 15.1. The van der Waals surface area contributed by atoms with Crippen LogP contribution in [0.3, 0.4) is 0 Å². The average molecular weight is 325 g/mol. The number of allylic oxidation sites excluding steroid dienone is 4. The van der Waals surface area contributed by atoms with Gasteiger partial charge in [0.15, 0.2) is 0 Å². The molecular formula is C22H28FN. The van der Waals surface area contributed by atoms with Crippen LogP contribution < -0.4 is 0 Å². The van der Waals surface area contributed by atoms with Crippen molar-refractivity contribution in [3.63, 3.8) is 0 Å². The predicted octanol–water partition coefficient (Wildman–Crippen LogP) is 6.30.